The summed E-state index contributed by atoms with van der Waals surface area (Å²) in [6, 6.07) is 53.9. The standard InChI is InChI=1S/C49H50O8/c1-51-42-28-27-41(29-43(42)52-2)40-25-23-39(24-26-40)34-57-49-47(55-32-37-19-11-5-12-20-37)45(53-30-35-15-7-3-8-16-35)44(50)46(54-31-36-17-9-4-10-18-36)48(49)56-33-38-21-13-6-14-22-38/h3-29,44-50H,30-34H2,1-2H3/t44?,45-,46+,47-,48-,49?/m0/s1. The summed E-state index contributed by atoms with van der Waals surface area (Å²) in [5.74, 6) is 1.34. The maximum absolute atomic E-state index is 12.3. The summed E-state index contributed by atoms with van der Waals surface area (Å²) in [6.07, 6.45) is -4.90. The summed E-state index contributed by atoms with van der Waals surface area (Å²) in [7, 11) is 3.26. The first-order valence-corrected chi connectivity index (χ1v) is 19.3. The molecule has 0 radical (unpaired) electrons. The first-order chi connectivity index (χ1) is 28.1. The van der Waals surface area contributed by atoms with Crippen molar-refractivity contribution in [1.29, 1.82) is 0 Å². The summed E-state index contributed by atoms with van der Waals surface area (Å²) < 4.78 is 44.8. The zero-order chi connectivity index (χ0) is 39.2. The number of aliphatic hydroxyl groups excluding tert-OH is 1. The molecule has 0 heterocycles. The molecule has 8 nitrogen and oxygen atoms in total. The van der Waals surface area contributed by atoms with E-state index in [1.165, 1.54) is 0 Å². The van der Waals surface area contributed by atoms with Crippen LogP contribution in [0.5, 0.6) is 11.5 Å². The first kappa shape index (κ1) is 39.9. The van der Waals surface area contributed by atoms with Crippen molar-refractivity contribution in [3.05, 3.63) is 192 Å². The highest BCUT2D eigenvalue weighted by molar-refractivity contribution is 5.67. The van der Waals surface area contributed by atoms with Gasteiger partial charge in [-0.1, -0.05) is 152 Å². The lowest BCUT2D eigenvalue weighted by atomic mass is 9.83. The van der Waals surface area contributed by atoms with Gasteiger partial charge >= 0.3 is 0 Å². The molecule has 0 aliphatic heterocycles. The Morgan fingerprint density at radius 2 is 0.667 bits per heavy atom. The third-order valence-corrected chi connectivity index (χ3v) is 10.2. The molecule has 6 aromatic carbocycles. The average molecular weight is 767 g/mol. The molecule has 7 rings (SSSR count). The highest BCUT2D eigenvalue weighted by Crippen LogP contribution is 2.36. The van der Waals surface area contributed by atoms with Gasteiger partial charge in [-0.3, -0.25) is 0 Å². The Morgan fingerprint density at radius 1 is 0.351 bits per heavy atom. The van der Waals surface area contributed by atoms with E-state index in [0.717, 1.165) is 38.9 Å². The number of methoxy groups -OCH3 is 2. The van der Waals surface area contributed by atoms with E-state index in [2.05, 4.69) is 24.3 Å². The second-order valence-corrected chi connectivity index (χ2v) is 14.1. The molecular weight excluding hydrogens is 717 g/mol. The van der Waals surface area contributed by atoms with E-state index >= 15 is 0 Å². The molecule has 8 heteroatoms. The van der Waals surface area contributed by atoms with Gasteiger partial charge in [0.1, 0.15) is 36.6 Å². The fraction of sp³-hybridized carbons (Fsp3) is 0.265. The van der Waals surface area contributed by atoms with Crippen molar-refractivity contribution in [2.75, 3.05) is 14.2 Å². The van der Waals surface area contributed by atoms with Crippen LogP contribution >= 0.6 is 0 Å². The largest absolute Gasteiger partial charge is 0.493 e. The zero-order valence-electron chi connectivity index (χ0n) is 32.4. The average Bonchev–Trinajstić information content (AvgIpc) is 3.27. The molecule has 0 aromatic heterocycles. The van der Waals surface area contributed by atoms with E-state index < -0.39 is 36.6 Å². The van der Waals surface area contributed by atoms with E-state index in [1.807, 2.05) is 140 Å². The summed E-state index contributed by atoms with van der Waals surface area (Å²) in [5.41, 5.74) is 6.91. The van der Waals surface area contributed by atoms with Crippen LogP contribution in [-0.2, 0) is 56.7 Å². The Bertz CT molecular complexity index is 1960. The SMILES string of the molecule is COc1ccc(-c2ccc(COC3[C@@H](OCc4ccccc4)[C@H](OCc4ccccc4)C(O)[C@H](OCc4ccccc4)[C@@H]3OCc3ccccc3)cc2)cc1OC. The number of hydrogen-bond acceptors (Lipinski definition) is 8. The van der Waals surface area contributed by atoms with Crippen molar-refractivity contribution in [1.82, 2.24) is 0 Å². The third-order valence-electron chi connectivity index (χ3n) is 10.2. The van der Waals surface area contributed by atoms with E-state index in [4.69, 9.17) is 33.2 Å². The van der Waals surface area contributed by atoms with Gasteiger partial charge < -0.3 is 38.3 Å². The molecule has 0 spiro atoms. The molecule has 6 atom stereocenters. The lowest BCUT2D eigenvalue weighted by molar-refractivity contribution is -0.283. The van der Waals surface area contributed by atoms with Gasteiger partial charge in [0, 0.05) is 0 Å². The van der Waals surface area contributed by atoms with Gasteiger partial charge in [-0.2, -0.15) is 0 Å². The molecular formula is C49H50O8. The van der Waals surface area contributed by atoms with Crippen LogP contribution in [0.4, 0.5) is 0 Å². The number of aliphatic hydroxyl groups is 1. The van der Waals surface area contributed by atoms with Crippen LogP contribution < -0.4 is 9.47 Å². The second kappa shape index (κ2) is 20.2. The molecule has 294 valence electrons. The fourth-order valence-electron chi connectivity index (χ4n) is 7.16. The van der Waals surface area contributed by atoms with Crippen LogP contribution in [0, 0.1) is 0 Å². The lowest BCUT2D eigenvalue weighted by Gasteiger charge is -2.48. The van der Waals surface area contributed by atoms with E-state index in [-0.39, 0.29) is 33.0 Å². The summed E-state index contributed by atoms with van der Waals surface area (Å²) in [6.45, 7) is 1.34. The Morgan fingerprint density at radius 3 is 1.04 bits per heavy atom. The molecule has 0 bridgehead atoms. The summed E-state index contributed by atoms with van der Waals surface area (Å²) in [5, 5.41) is 12.3. The van der Waals surface area contributed by atoms with Gasteiger partial charge in [0.2, 0.25) is 0 Å². The number of hydrogen-bond donors (Lipinski definition) is 1. The molecule has 1 aliphatic carbocycles. The normalized spacial score (nSPS) is 20.5. The molecule has 1 N–H and O–H groups in total. The van der Waals surface area contributed by atoms with Crippen molar-refractivity contribution in [2.45, 2.75) is 69.7 Å². The summed E-state index contributed by atoms with van der Waals surface area (Å²) >= 11 is 0. The van der Waals surface area contributed by atoms with Gasteiger partial charge in [-0.05, 0) is 51.1 Å². The van der Waals surface area contributed by atoms with Crippen LogP contribution in [0.3, 0.4) is 0 Å². The zero-order valence-corrected chi connectivity index (χ0v) is 32.4. The van der Waals surface area contributed by atoms with Gasteiger partial charge in [0.25, 0.3) is 0 Å². The molecule has 57 heavy (non-hydrogen) atoms. The molecule has 1 saturated carbocycles. The quantitative estimate of drug-likeness (QED) is 0.0929. The van der Waals surface area contributed by atoms with Crippen molar-refractivity contribution < 1.29 is 38.3 Å². The van der Waals surface area contributed by atoms with Crippen LogP contribution in [-0.4, -0.2) is 55.9 Å². The molecule has 1 fully saturated rings. The third kappa shape index (κ3) is 10.6. The predicted octanol–water partition coefficient (Wildman–Crippen LogP) is 8.97. The molecule has 2 unspecified atom stereocenters. The summed E-state index contributed by atoms with van der Waals surface area (Å²) in [4.78, 5) is 0. The minimum absolute atomic E-state index is 0.250. The Kier molecular flexibility index (Phi) is 14.1. The Labute approximate surface area is 335 Å². The molecule has 0 saturated heterocycles. The fourth-order valence-corrected chi connectivity index (χ4v) is 7.16. The lowest BCUT2D eigenvalue weighted by Crippen LogP contribution is -2.66. The van der Waals surface area contributed by atoms with E-state index in [1.54, 1.807) is 14.2 Å². The molecule has 6 aromatic rings. The van der Waals surface area contributed by atoms with Gasteiger partial charge in [-0.25, -0.2) is 0 Å². The topological polar surface area (TPSA) is 84.8 Å². The number of benzene rings is 6. The highest BCUT2D eigenvalue weighted by atomic mass is 16.6. The van der Waals surface area contributed by atoms with Gasteiger partial charge in [-0.15, -0.1) is 0 Å². The van der Waals surface area contributed by atoms with Gasteiger partial charge in [0.05, 0.1) is 47.3 Å². The van der Waals surface area contributed by atoms with Crippen LogP contribution in [0.15, 0.2) is 164 Å². The number of rotatable bonds is 18. The monoisotopic (exact) mass is 766 g/mol. The first-order valence-electron chi connectivity index (χ1n) is 19.3. The smallest absolute Gasteiger partial charge is 0.161 e. The maximum Gasteiger partial charge on any atom is 0.161 e. The van der Waals surface area contributed by atoms with Crippen molar-refractivity contribution in [2.24, 2.45) is 0 Å². The highest BCUT2D eigenvalue weighted by Gasteiger charge is 2.54. The second-order valence-electron chi connectivity index (χ2n) is 14.1. The Balaban J connectivity index is 1.21. The maximum atomic E-state index is 12.3. The van der Waals surface area contributed by atoms with Crippen molar-refractivity contribution in [3.8, 4) is 22.6 Å². The van der Waals surface area contributed by atoms with Crippen molar-refractivity contribution in [3.63, 3.8) is 0 Å². The Hall–Kier alpha value is -5.32. The van der Waals surface area contributed by atoms with E-state index in [0.29, 0.717) is 11.5 Å². The minimum Gasteiger partial charge on any atom is -0.493 e. The number of ether oxygens (including phenoxy) is 7. The van der Waals surface area contributed by atoms with E-state index in [9.17, 15) is 5.11 Å². The van der Waals surface area contributed by atoms with Crippen LogP contribution in [0.25, 0.3) is 11.1 Å². The van der Waals surface area contributed by atoms with Gasteiger partial charge in [0.15, 0.2) is 11.5 Å². The molecule has 0 amide bonds. The predicted molar refractivity (Wildman–Crippen MR) is 220 cm³/mol. The van der Waals surface area contributed by atoms with Crippen LogP contribution in [0.2, 0.25) is 0 Å². The minimum atomic E-state index is -1.11. The van der Waals surface area contributed by atoms with Crippen LogP contribution in [0.1, 0.15) is 27.8 Å². The molecule has 1 aliphatic rings. The van der Waals surface area contributed by atoms with Crippen molar-refractivity contribution >= 4 is 0 Å².